The highest BCUT2D eigenvalue weighted by atomic mass is 79.9. The fourth-order valence-electron chi connectivity index (χ4n) is 4.03. The molecule has 8 heteroatoms. The Balaban J connectivity index is 1.51. The number of rotatable bonds is 2. The standard InChI is InChI=1S/C12H16BrN6S/c13-11-10(14-12-18(11)1-2-20-12)3-19-7-15-4-16(8-19)6-17(5-15)9-19/h1-2H,3-9H2/q+1. The van der Waals surface area contributed by atoms with Gasteiger partial charge in [0.15, 0.2) is 4.96 Å². The number of fused-ring (bicyclic) bond motifs is 1. The molecule has 0 aromatic carbocycles. The lowest BCUT2D eigenvalue weighted by Gasteiger charge is -2.60. The molecule has 2 aromatic heterocycles. The Morgan fingerprint density at radius 3 is 2.40 bits per heavy atom. The van der Waals surface area contributed by atoms with E-state index in [0.29, 0.717) is 0 Å². The van der Waals surface area contributed by atoms with E-state index < -0.39 is 0 Å². The largest absolute Gasteiger partial charge is 0.284 e. The summed E-state index contributed by atoms with van der Waals surface area (Å²) in [5, 5.41) is 2.08. The zero-order chi connectivity index (χ0) is 13.3. The van der Waals surface area contributed by atoms with Crippen LogP contribution in [0.25, 0.3) is 4.96 Å². The minimum atomic E-state index is 1.01. The van der Waals surface area contributed by atoms with E-state index in [4.69, 9.17) is 4.98 Å². The average Bonchev–Trinajstić information content (AvgIpc) is 2.92. The van der Waals surface area contributed by atoms with E-state index in [1.54, 1.807) is 11.3 Å². The molecule has 4 fully saturated rings. The van der Waals surface area contributed by atoms with E-state index in [-0.39, 0.29) is 0 Å². The zero-order valence-electron chi connectivity index (χ0n) is 11.1. The number of aromatic nitrogens is 2. The van der Waals surface area contributed by atoms with Crippen molar-refractivity contribution in [1.82, 2.24) is 24.1 Å². The summed E-state index contributed by atoms with van der Waals surface area (Å²) >= 11 is 5.43. The summed E-state index contributed by atoms with van der Waals surface area (Å²) in [6.07, 6.45) is 2.09. The molecule has 4 aliphatic heterocycles. The van der Waals surface area contributed by atoms with Crippen LogP contribution in [0.2, 0.25) is 0 Å². The molecule has 4 saturated heterocycles. The lowest BCUT2D eigenvalue weighted by atomic mass is 10.2. The second-order valence-corrected chi connectivity index (χ2v) is 7.89. The fraction of sp³-hybridized carbons (Fsp3) is 0.583. The van der Waals surface area contributed by atoms with E-state index in [0.717, 1.165) is 60.6 Å². The number of nitrogens with zero attached hydrogens (tertiary/aromatic N) is 6. The molecule has 0 spiro atoms. The fourth-order valence-corrected chi connectivity index (χ4v) is 5.38. The van der Waals surface area contributed by atoms with Crippen LogP contribution in [0.15, 0.2) is 16.2 Å². The Kier molecular flexibility index (Phi) is 2.43. The van der Waals surface area contributed by atoms with Gasteiger partial charge in [0.05, 0.1) is 20.0 Å². The van der Waals surface area contributed by atoms with E-state index in [2.05, 4.69) is 46.6 Å². The molecule has 0 atom stereocenters. The van der Waals surface area contributed by atoms with Gasteiger partial charge in [0.1, 0.15) is 36.8 Å². The summed E-state index contributed by atoms with van der Waals surface area (Å²) in [5.74, 6) is 0. The highest BCUT2D eigenvalue weighted by Crippen LogP contribution is 2.32. The van der Waals surface area contributed by atoms with Gasteiger partial charge in [-0.1, -0.05) is 0 Å². The maximum Gasteiger partial charge on any atom is 0.194 e. The Bertz CT molecular complexity index is 643. The van der Waals surface area contributed by atoms with Crippen molar-refractivity contribution in [3.05, 3.63) is 21.9 Å². The van der Waals surface area contributed by atoms with Crippen molar-refractivity contribution >= 4 is 32.2 Å². The lowest BCUT2D eigenvalue weighted by molar-refractivity contribution is -0.991. The smallest absolute Gasteiger partial charge is 0.194 e. The van der Waals surface area contributed by atoms with Gasteiger partial charge in [0, 0.05) is 11.6 Å². The van der Waals surface area contributed by atoms with Crippen LogP contribution in [0.4, 0.5) is 0 Å². The first-order valence-corrected chi connectivity index (χ1v) is 8.50. The molecule has 2 aromatic rings. The topological polar surface area (TPSA) is 27.0 Å². The molecule has 0 radical (unpaired) electrons. The van der Waals surface area contributed by atoms with Crippen LogP contribution in [0.5, 0.6) is 0 Å². The maximum atomic E-state index is 4.81. The summed E-state index contributed by atoms with van der Waals surface area (Å²) < 4.78 is 4.37. The average molecular weight is 356 g/mol. The number of thiazole rings is 1. The SMILES string of the molecule is Brc1c(C[N+]23CN4CN(CN(C4)C2)C3)nc2sccn12. The van der Waals surface area contributed by atoms with Crippen LogP contribution in [-0.2, 0) is 6.54 Å². The number of quaternary nitrogens is 1. The van der Waals surface area contributed by atoms with Gasteiger partial charge < -0.3 is 0 Å². The monoisotopic (exact) mass is 355 g/mol. The molecule has 6 heterocycles. The van der Waals surface area contributed by atoms with Crippen LogP contribution in [0, 0.1) is 0 Å². The second kappa shape index (κ2) is 4.02. The van der Waals surface area contributed by atoms with Crippen molar-refractivity contribution in [3.8, 4) is 0 Å². The quantitative estimate of drug-likeness (QED) is 0.755. The minimum absolute atomic E-state index is 1.01. The Morgan fingerprint density at radius 2 is 1.80 bits per heavy atom. The highest BCUT2D eigenvalue weighted by Gasteiger charge is 2.48. The second-order valence-electron chi connectivity index (χ2n) is 6.27. The van der Waals surface area contributed by atoms with E-state index in [9.17, 15) is 0 Å². The van der Waals surface area contributed by atoms with E-state index >= 15 is 0 Å². The number of imidazole rings is 1. The van der Waals surface area contributed by atoms with Crippen LogP contribution < -0.4 is 0 Å². The summed E-state index contributed by atoms with van der Waals surface area (Å²) in [6.45, 7) is 7.89. The van der Waals surface area contributed by atoms with Gasteiger partial charge in [-0.3, -0.25) is 8.88 Å². The van der Waals surface area contributed by atoms with Gasteiger partial charge in [-0.2, -0.15) is 0 Å². The van der Waals surface area contributed by atoms with Gasteiger partial charge in [-0.15, -0.1) is 11.3 Å². The zero-order valence-corrected chi connectivity index (χ0v) is 13.5. The first-order valence-electron chi connectivity index (χ1n) is 6.83. The van der Waals surface area contributed by atoms with Crippen molar-refractivity contribution < 1.29 is 4.48 Å². The Morgan fingerprint density at radius 1 is 1.15 bits per heavy atom. The van der Waals surface area contributed by atoms with Crippen LogP contribution in [0.3, 0.4) is 0 Å². The van der Waals surface area contributed by atoms with E-state index in [1.807, 2.05) is 0 Å². The molecule has 0 saturated carbocycles. The van der Waals surface area contributed by atoms with Crippen molar-refractivity contribution in [1.29, 1.82) is 0 Å². The van der Waals surface area contributed by atoms with Crippen molar-refractivity contribution in [3.63, 3.8) is 0 Å². The predicted molar refractivity (Wildman–Crippen MR) is 79.5 cm³/mol. The molecule has 6 nitrogen and oxygen atoms in total. The molecule has 6 rings (SSSR count). The summed E-state index contributed by atoms with van der Waals surface area (Å²) in [7, 11) is 0. The summed E-state index contributed by atoms with van der Waals surface area (Å²) in [5.41, 5.74) is 1.20. The molecular formula is C12H16BrN6S+. The Labute approximate surface area is 129 Å². The highest BCUT2D eigenvalue weighted by molar-refractivity contribution is 9.10. The van der Waals surface area contributed by atoms with Crippen molar-refractivity contribution in [2.24, 2.45) is 0 Å². The molecule has 4 bridgehead atoms. The van der Waals surface area contributed by atoms with E-state index in [1.165, 1.54) is 5.69 Å². The van der Waals surface area contributed by atoms with Crippen LogP contribution in [0.1, 0.15) is 5.69 Å². The summed E-state index contributed by atoms with van der Waals surface area (Å²) in [6, 6.07) is 0. The third-order valence-electron chi connectivity index (χ3n) is 4.45. The van der Waals surface area contributed by atoms with Gasteiger partial charge >= 0.3 is 0 Å². The van der Waals surface area contributed by atoms with Gasteiger partial charge in [0.25, 0.3) is 0 Å². The normalized spacial score (nSPS) is 39.0. The van der Waals surface area contributed by atoms with Gasteiger partial charge in [-0.25, -0.2) is 19.7 Å². The molecule has 106 valence electrons. The molecule has 0 aliphatic carbocycles. The maximum absolute atomic E-state index is 4.81. The molecule has 20 heavy (non-hydrogen) atoms. The van der Waals surface area contributed by atoms with Gasteiger partial charge in [0.2, 0.25) is 0 Å². The molecule has 0 unspecified atom stereocenters. The first-order chi connectivity index (χ1) is 9.71. The molecule has 4 aliphatic rings. The minimum Gasteiger partial charge on any atom is -0.284 e. The van der Waals surface area contributed by atoms with Crippen LogP contribution in [-0.4, -0.2) is 68.6 Å². The molecular weight excluding hydrogens is 340 g/mol. The van der Waals surface area contributed by atoms with Crippen molar-refractivity contribution in [2.75, 3.05) is 40.0 Å². The Hall–Kier alpha value is -0.510. The molecule has 0 N–H and O–H groups in total. The third-order valence-corrected chi connectivity index (χ3v) is 6.05. The number of halogens is 1. The van der Waals surface area contributed by atoms with Crippen molar-refractivity contribution in [2.45, 2.75) is 6.54 Å². The first kappa shape index (κ1) is 12.1. The number of hydrogen-bond donors (Lipinski definition) is 0. The lowest BCUT2D eigenvalue weighted by Crippen LogP contribution is -2.78. The molecule has 0 amide bonds. The predicted octanol–water partition coefficient (Wildman–Crippen LogP) is 1.17. The number of hydrogen-bond acceptors (Lipinski definition) is 5. The van der Waals surface area contributed by atoms with Crippen LogP contribution >= 0.6 is 27.3 Å². The van der Waals surface area contributed by atoms with Gasteiger partial charge in [-0.05, 0) is 15.9 Å². The third kappa shape index (κ3) is 1.66. The summed E-state index contributed by atoms with van der Waals surface area (Å²) in [4.78, 5) is 13.5.